The predicted octanol–water partition coefficient (Wildman–Crippen LogP) is 4.40. The van der Waals surface area contributed by atoms with Gasteiger partial charge in [0.05, 0.1) is 11.1 Å². The Balaban J connectivity index is 1.56. The fourth-order valence-electron chi connectivity index (χ4n) is 4.03. The first kappa shape index (κ1) is 21.9. The Morgan fingerprint density at radius 3 is 2.81 bits per heavy atom. The molecule has 2 amide bonds. The van der Waals surface area contributed by atoms with Gasteiger partial charge in [-0.05, 0) is 49.1 Å². The maximum absolute atomic E-state index is 13.4. The van der Waals surface area contributed by atoms with Gasteiger partial charge >= 0.3 is 6.09 Å². The highest BCUT2D eigenvalue weighted by atomic mass is 35.5. The molecule has 2 heterocycles. The molecule has 0 saturated carbocycles. The van der Waals surface area contributed by atoms with Crippen LogP contribution in [0.5, 0.6) is 5.88 Å². The lowest BCUT2D eigenvalue weighted by Gasteiger charge is -2.23. The Bertz CT molecular complexity index is 1190. The van der Waals surface area contributed by atoms with Crippen molar-refractivity contribution in [3.05, 3.63) is 64.3 Å². The highest BCUT2D eigenvalue weighted by Crippen LogP contribution is 2.39. The van der Waals surface area contributed by atoms with Gasteiger partial charge < -0.3 is 19.5 Å². The number of hydrogen-bond donors (Lipinski definition) is 1. The van der Waals surface area contributed by atoms with E-state index in [1.807, 2.05) is 17.7 Å². The second kappa shape index (κ2) is 8.66. The van der Waals surface area contributed by atoms with Gasteiger partial charge in [0.2, 0.25) is 5.88 Å². The number of rotatable bonds is 5. The van der Waals surface area contributed by atoms with E-state index in [1.165, 1.54) is 23.1 Å². The number of halogens is 2. The van der Waals surface area contributed by atoms with Crippen molar-refractivity contribution in [3.63, 3.8) is 0 Å². The predicted molar refractivity (Wildman–Crippen MR) is 118 cm³/mol. The summed E-state index contributed by atoms with van der Waals surface area (Å²) >= 11 is 5.83. The van der Waals surface area contributed by atoms with Crippen LogP contribution in [-0.4, -0.2) is 38.3 Å². The fraction of sp³-hybridized carbons (Fsp3) is 0.318. The van der Waals surface area contributed by atoms with E-state index < -0.39 is 11.9 Å². The summed E-state index contributed by atoms with van der Waals surface area (Å²) in [7, 11) is 3.42. The molecule has 0 aliphatic heterocycles. The Kier molecular flexibility index (Phi) is 5.92. The van der Waals surface area contributed by atoms with Crippen molar-refractivity contribution in [2.24, 2.45) is 7.05 Å². The van der Waals surface area contributed by atoms with Crippen LogP contribution in [0.2, 0.25) is 5.02 Å². The topological polar surface area (TPSA) is 81.4 Å². The summed E-state index contributed by atoms with van der Waals surface area (Å²) in [5.41, 5.74) is 2.73. The third kappa shape index (κ3) is 4.08. The molecule has 0 saturated heterocycles. The van der Waals surface area contributed by atoms with Gasteiger partial charge in [-0.2, -0.15) is 0 Å². The number of fused-ring (bicyclic) bond motifs is 1. The zero-order valence-corrected chi connectivity index (χ0v) is 18.7. The maximum atomic E-state index is 13.4. The first-order valence-corrected chi connectivity index (χ1v) is 10.6. The van der Waals surface area contributed by atoms with E-state index >= 15 is 0 Å². The number of nitrogens with one attached hydrogen (secondary N) is 1. The van der Waals surface area contributed by atoms with E-state index in [0.29, 0.717) is 30.8 Å². The van der Waals surface area contributed by atoms with Crippen LogP contribution in [-0.2, 0) is 20.0 Å². The van der Waals surface area contributed by atoms with Gasteiger partial charge in [-0.1, -0.05) is 11.6 Å². The molecule has 10 heteroatoms. The van der Waals surface area contributed by atoms with Gasteiger partial charge in [0.25, 0.3) is 5.91 Å². The molecule has 1 unspecified atom stereocenters. The average Bonchev–Trinajstić information content (AvgIpc) is 3.44. The Morgan fingerprint density at radius 1 is 1.38 bits per heavy atom. The van der Waals surface area contributed by atoms with E-state index in [2.05, 4.69) is 10.4 Å². The molecule has 1 aromatic carbocycles. The molecule has 3 aromatic rings. The van der Waals surface area contributed by atoms with Crippen LogP contribution < -0.4 is 10.1 Å². The van der Waals surface area contributed by atoms with Crippen LogP contribution in [0.25, 0.3) is 0 Å². The van der Waals surface area contributed by atoms with E-state index in [9.17, 15) is 14.0 Å². The molecule has 0 bridgehead atoms. The first-order valence-electron chi connectivity index (χ1n) is 10.2. The number of amides is 2. The van der Waals surface area contributed by atoms with E-state index in [0.717, 1.165) is 11.1 Å². The Labute approximate surface area is 189 Å². The molecule has 1 aliphatic rings. The number of aryl methyl sites for hydroxylation is 2. The summed E-state index contributed by atoms with van der Waals surface area (Å²) in [6.07, 6.45) is 4.39. The van der Waals surface area contributed by atoms with Crippen LogP contribution >= 0.6 is 11.6 Å². The lowest BCUT2D eigenvalue weighted by Crippen LogP contribution is -2.32. The van der Waals surface area contributed by atoms with Gasteiger partial charge in [0.1, 0.15) is 11.5 Å². The largest absolute Gasteiger partial charge is 0.416 e. The molecule has 1 aliphatic carbocycles. The third-order valence-corrected chi connectivity index (χ3v) is 5.90. The molecular formula is C22H23ClFN5O3. The van der Waals surface area contributed by atoms with Crippen LogP contribution in [0.15, 0.2) is 36.7 Å². The number of benzene rings is 1. The SMILES string of the molecule is CCn1cc2c(c1C(=O)Nc1ccc(F)c(Cl)c1)CCC2N(C)C(=O)Oc1ccn(C)n1. The van der Waals surface area contributed by atoms with Crippen molar-refractivity contribution in [2.75, 3.05) is 12.4 Å². The molecule has 2 aromatic heterocycles. The fourth-order valence-corrected chi connectivity index (χ4v) is 4.21. The molecule has 0 spiro atoms. The number of carbonyl (C=O) groups excluding carboxylic acids is 2. The van der Waals surface area contributed by atoms with Crippen LogP contribution in [0, 0.1) is 5.82 Å². The van der Waals surface area contributed by atoms with Crippen molar-refractivity contribution in [3.8, 4) is 5.88 Å². The van der Waals surface area contributed by atoms with Gasteiger partial charge in [-0.3, -0.25) is 9.48 Å². The highest BCUT2D eigenvalue weighted by Gasteiger charge is 2.35. The molecular weight excluding hydrogens is 437 g/mol. The molecule has 168 valence electrons. The number of hydrogen-bond acceptors (Lipinski definition) is 4. The maximum Gasteiger partial charge on any atom is 0.416 e. The molecule has 1 atom stereocenters. The first-order chi connectivity index (χ1) is 15.3. The molecule has 0 radical (unpaired) electrons. The van der Waals surface area contributed by atoms with Crippen LogP contribution in [0.1, 0.15) is 41.0 Å². The van der Waals surface area contributed by atoms with E-state index in [1.54, 1.807) is 31.0 Å². The molecule has 4 rings (SSSR count). The molecule has 1 N–H and O–H groups in total. The smallest absolute Gasteiger partial charge is 0.389 e. The highest BCUT2D eigenvalue weighted by molar-refractivity contribution is 6.31. The lowest BCUT2D eigenvalue weighted by atomic mass is 10.1. The zero-order valence-electron chi connectivity index (χ0n) is 17.9. The monoisotopic (exact) mass is 459 g/mol. The van der Waals surface area contributed by atoms with Crippen molar-refractivity contribution < 1.29 is 18.7 Å². The second-order valence-corrected chi connectivity index (χ2v) is 8.05. The Hall–Kier alpha value is -3.33. The van der Waals surface area contributed by atoms with Gasteiger partial charge in [0, 0.05) is 44.8 Å². The lowest BCUT2D eigenvalue weighted by molar-refractivity contribution is 0.101. The number of anilines is 1. The molecule has 32 heavy (non-hydrogen) atoms. The third-order valence-electron chi connectivity index (χ3n) is 5.61. The standard InChI is InChI=1S/C22H23ClFN5O3/c1-4-29-12-15-14(20(29)21(30)25-13-5-7-17(24)16(23)11-13)6-8-18(15)28(3)22(31)32-19-9-10-27(2)26-19/h5,7,9-12,18H,4,6,8H2,1-3H3,(H,25,30). The number of carbonyl (C=O) groups is 2. The summed E-state index contributed by atoms with van der Waals surface area (Å²) in [5, 5.41) is 6.80. The number of ether oxygens (including phenoxy) is 1. The quantitative estimate of drug-likeness (QED) is 0.613. The molecule has 0 fully saturated rings. The van der Waals surface area contributed by atoms with Crippen LogP contribution in [0.3, 0.4) is 0 Å². The summed E-state index contributed by atoms with van der Waals surface area (Å²) in [5.74, 6) is -0.632. The summed E-state index contributed by atoms with van der Waals surface area (Å²) in [4.78, 5) is 27.2. The van der Waals surface area contributed by atoms with Gasteiger partial charge in [-0.15, -0.1) is 5.10 Å². The van der Waals surface area contributed by atoms with Crippen molar-refractivity contribution in [1.82, 2.24) is 19.2 Å². The van der Waals surface area contributed by atoms with E-state index in [4.69, 9.17) is 16.3 Å². The normalized spacial score (nSPS) is 14.8. The zero-order chi connectivity index (χ0) is 23.0. The minimum atomic E-state index is -0.550. The summed E-state index contributed by atoms with van der Waals surface area (Å²) < 4.78 is 22.2. The van der Waals surface area contributed by atoms with Crippen molar-refractivity contribution >= 4 is 29.3 Å². The summed E-state index contributed by atoms with van der Waals surface area (Å²) in [6, 6.07) is 5.44. The minimum absolute atomic E-state index is 0.0630. The Morgan fingerprint density at radius 2 is 2.16 bits per heavy atom. The average molecular weight is 460 g/mol. The minimum Gasteiger partial charge on any atom is -0.389 e. The number of nitrogens with zero attached hydrogens (tertiary/aromatic N) is 4. The van der Waals surface area contributed by atoms with E-state index in [-0.39, 0.29) is 22.9 Å². The second-order valence-electron chi connectivity index (χ2n) is 7.64. The van der Waals surface area contributed by atoms with Crippen molar-refractivity contribution in [2.45, 2.75) is 32.4 Å². The molecule has 8 nitrogen and oxygen atoms in total. The van der Waals surface area contributed by atoms with Crippen LogP contribution in [0.4, 0.5) is 14.9 Å². The van der Waals surface area contributed by atoms with Gasteiger partial charge in [-0.25, -0.2) is 9.18 Å². The summed E-state index contributed by atoms with van der Waals surface area (Å²) in [6.45, 7) is 2.52. The van der Waals surface area contributed by atoms with Crippen molar-refractivity contribution in [1.29, 1.82) is 0 Å². The number of aromatic nitrogens is 3. The van der Waals surface area contributed by atoms with Gasteiger partial charge in [0.15, 0.2) is 0 Å².